The van der Waals surface area contributed by atoms with Gasteiger partial charge in [-0.2, -0.15) is 0 Å². The van der Waals surface area contributed by atoms with Gasteiger partial charge in [0, 0.05) is 28.1 Å². The van der Waals surface area contributed by atoms with E-state index in [4.69, 9.17) is 9.47 Å². The van der Waals surface area contributed by atoms with Gasteiger partial charge in [0.25, 0.3) is 0 Å². The Labute approximate surface area is 277 Å². The molecule has 1 aliphatic heterocycles. The van der Waals surface area contributed by atoms with Crippen LogP contribution in [0.5, 0.6) is 0 Å². The van der Waals surface area contributed by atoms with E-state index in [1.807, 2.05) is 166 Å². The third-order valence-electron chi connectivity index (χ3n) is 7.33. The van der Waals surface area contributed by atoms with Gasteiger partial charge in [-0.25, -0.2) is 19.6 Å². The zero-order valence-electron chi connectivity index (χ0n) is 25.3. The van der Waals surface area contributed by atoms with Crippen molar-refractivity contribution in [2.45, 2.75) is 43.0 Å². The molecule has 5 heteroatoms. The molecule has 0 unspecified atom stereocenters. The maximum Gasteiger partial charge on any atom is 0.164 e. The van der Waals surface area contributed by atoms with Crippen molar-refractivity contribution in [3.63, 3.8) is 0 Å². The first-order chi connectivity index (χ1) is 20.8. The third kappa shape index (κ3) is 7.78. The van der Waals surface area contributed by atoms with E-state index >= 15 is 0 Å². The summed E-state index contributed by atoms with van der Waals surface area (Å²) in [7, 11) is 0. The largest absolute Gasteiger partial charge is 0.378 e. The molecule has 0 aromatic heterocycles. The van der Waals surface area contributed by atoms with E-state index in [0.717, 1.165) is 0 Å². The van der Waals surface area contributed by atoms with Gasteiger partial charge in [0.15, 0.2) is 5.79 Å². The van der Waals surface area contributed by atoms with Crippen molar-refractivity contribution in [1.29, 1.82) is 0 Å². The molecule has 1 heterocycles. The molecule has 0 spiro atoms. The first-order valence-electron chi connectivity index (χ1n) is 14.4. The summed E-state index contributed by atoms with van der Waals surface area (Å²) in [6.45, 7) is 10.1. The van der Waals surface area contributed by atoms with Crippen LogP contribution < -0.4 is 0 Å². The van der Waals surface area contributed by atoms with Crippen LogP contribution in [0.1, 0.15) is 36.1 Å². The number of aliphatic hydroxyl groups is 2. The van der Waals surface area contributed by atoms with Gasteiger partial charge >= 0.3 is 0 Å². The first-order valence-corrected chi connectivity index (χ1v) is 14.4. The quantitative estimate of drug-likeness (QED) is 0.171. The average Bonchev–Trinajstić information content (AvgIpc) is 3.75. The van der Waals surface area contributed by atoms with Crippen LogP contribution in [0.4, 0.5) is 0 Å². The number of ether oxygens (including phenoxy) is 2. The van der Waals surface area contributed by atoms with Crippen LogP contribution in [-0.4, -0.2) is 28.2 Å². The molecule has 6 rings (SSSR count). The Balaban J connectivity index is 0.000000519. The van der Waals surface area contributed by atoms with E-state index in [1.54, 1.807) is 0 Å². The van der Waals surface area contributed by atoms with Gasteiger partial charge in [-0.05, 0) is 36.1 Å². The van der Waals surface area contributed by atoms with Crippen LogP contribution in [0.2, 0.25) is 0 Å². The van der Waals surface area contributed by atoms with E-state index in [1.165, 1.54) is 6.08 Å². The summed E-state index contributed by atoms with van der Waals surface area (Å²) in [4.78, 5) is 0. The summed E-state index contributed by atoms with van der Waals surface area (Å²) in [6.07, 6.45) is 9.63. The van der Waals surface area contributed by atoms with Gasteiger partial charge in [-0.15, -0.1) is 0 Å². The standard InChI is InChI=1S/C31H30O4.C5H5.C3H5.Ti/c1-29(2)34-27(30(32,23-15-7-3-8-16-23)24-17-9-4-10-18-24)28(35-29)31(33,25-19-11-5-12-20-25)26-21-13-6-14-22-26;1-2-4-5-3-1;1-3-2;/h3-22,27-28,32-33H,1-2H3;1-5H;3H,1-2H2;/q;;-1;/t27-,28-;;;/m1.../s1. The van der Waals surface area contributed by atoms with Gasteiger partial charge in [0.1, 0.15) is 23.4 Å². The van der Waals surface area contributed by atoms with E-state index < -0.39 is 29.2 Å². The van der Waals surface area contributed by atoms with Crippen molar-refractivity contribution in [2.75, 3.05) is 0 Å². The van der Waals surface area contributed by atoms with E-state index in [0.29, 0.717) is 22.3 Å². The van der Waals surface area contributed by atoms with Crippen LogP contribution in [0.15, 0.2) is 158 Å². The van der Waals surface area contributed by atoms with Gasteiger partial charge in [-0.3, -0.25) is 0 Å². The molecule has 1 aliphatic carbocycles. The Morgan fingerprint density at radius 3 is 1.05 bits per heavy atom. The van der Waals surface area contributed by atoms with E-state index in [2.05, 4.69) is 13.5 Å². The molecule has 4 aromatic rings. The normalized spacial score (nSPS) is 18.2. The van der Waals surface area contributed by atoms with Crippen molar-refractivity contribution in [3.8, 4) is 0 Å². The van der Waals surface area contributed by atoms with Crippen LogP contribution in [0, 0.1) is 13.3 Å². The van der Waals surface area contributed by atoms with Crippen molar-refractivity contribution >= 4 is 0 Å². The molecule has 1 fully saturated rings. The number of hydrogen-bond acceptors (Lipinski definition) is 4. The summed E-state index contributed by atoms with van der Waals surface area (Å²) in [5.41, 5.74) is -0.564. The van der Waals surface area contributed by atoms with Gasteiger partial charge in [-0.1, -0.05) is 146 Å². The second-order valence-electron chi connectivity index (χ2n) is 10.7. The maximum atomic E-state index is 12.6. The molecule has 2 aliphatic rings. The van der Waals surface area contributed by atoms with Gasteiger partial charge in [0.2, 0.25) is 0 Å². The molecule has 2 N–H and O–H groups in total. The predicted octanol–water partition coefficient (Wildman–Crippen LogP) is 7.70. The topological polar surface area (TPSA) is 58.9 Å². The summed E-state index contributed by atoms with van der Waals surface area (Å²) >= 11 is 0. The molecule has 0 saturated carbocycles. The molecule has 2 atom stereocenters. The number of rotatable bonds is 6. The molecule has 4 aromatic carbocycles. The molecular formula is C39H40O4Ti-. The molecule has 0 amide bonds. The fourth-order valence-electron chi connectivity index (χ4n) is 5.45. The number of hydrogen-bond donors (Lipinski definition) is 2. The average molecular weight is 621 g/mol. The molecular weight excluding hydrogens is 580 g/mol. The first kappa shape index (κ1) is 35.0. The van der Waals surface area contributed by atoms with Crippen molar-refractivity contribution < 1.29 is 41.4 Å². The third-order valence-corrected chi connectivity index (χ3v) is 7.33. The van der Waals surface area contributed by atoms with Crippen LogP contribution in [0.3, 0.4) is 0 Å². The second kappa shape index (κ2) is 16.0. The maximum absolute atomic E-state index is 12.6. The fraction of sp³-hybridized carbons (Fsp3) is 0.179. The van der Waals surface area contributed by atoms with Gasteiger partial charge < -0.3 is 19.7 Å². The van der Waals surface area contributed by atoms with Crippen LogP contribution in [-0.2, 0) is 42.4 Å². The fourth-order valence-corrected chi connectivity index (χ4v) is 5.45. The van der Waals surface area contributed by atoms with Crippen molar-refractivity contribution in [2.24, 2.45) is 0 Å². The Hall–Kier alpha value is -3.48. The number of benzene rings is 4. The van der Waals surface area contributed by atoms with Crippen molar-refractivity contribution in [3.05, 3.63) is 194 Å². The summed E-state index contributed by atoms with van der Waals surface area (Å²) in [6, 6.07) is 37.8. The minimum Gasteiger partial charge on any atom is -0.378 e. The van der Waals surface area contributed by atoms with E-state index in [9.17, 15) is 10.2 Å². The zero-order valence-corrected chi connectivity index (χ0v) is 26.9. The molecule has 44 heavy (non-hydrogen) atoms. The Kier molecular flexibility index (Phi) is 12.7. The monoisotopic (exact) mass is 620 g/mol. The second-order valence-corrected chi connectivity index (χ2v) is 10.7. The molecule has 1 saturated heterocycles. The smallest absolute Gasteiger partial charge is 0.164 e. The molecule has 4 nitrogen and oxygen atoms in total. The molecule has 1 radical (unpaired) electrons. The minimum absolute atomic E-state index is 0. The SMILES string of the molecule is C=C[CH2-].CC1(C)O[C@@H](C(O)(c2ccccc2)c2ccccc2)[C@H](C(O)(c2ccccc2)c2ccccc2)O1.[CH]1C=CC=C1.[Ti]. The van der Waals surface area contributed by atoms with Crippen LogP contribution in [0.25, 0.3) is 0 Å². The Morgan fingerprint density at radius 1 is 0.591 bits per heavy atom. The molecule has 225 valence electrons. The molecule has 0 bridgehead atoms. The summed E-state index contributed by atoms with van der Waals surface area (Å²) in [5, 5.41) is 25.2. The van der Waals surface area contributed by atoms with Gasteiger partial charge in [0.05, 0.1) is 0 Å². The Bertz CT molecular complexity index is 1280. The predicted molar refractivity (Wildman–Crippen MR) is 174 cm³/mol. The number of allylic oxidation sites excluding steroid dienone is 5. The minimum atomic E-state index is -1.60. The van der Waals surface area contributed by atoms with Crippen LogP contribution >= 0.6 is 0 Å². The zero-order chi connectivity index (χ0) is 30.8. The summed E-state index contributed by atoms with van der Waals surface area (Å²) < 4.78 is 13.0. The Morgan fingerprint density at radius 2 is 0.841 bits per heavy atom. The van der Waals surface area contributed by atoms with Crippen molar-refractivity contribution in [1.82, 2.24) is 0 Å². The van der Waals surface area contributed by atoms with E-state index in [-0.39, 0.29) is 21.7 Å². The summed E-state index contributed by atoms with van der Waals surface area (Å²) in [5.74, 6) is -1.05.